The Labute approximate surface area is 161 Å². The summed E-state index contributed by atoms with van der Waals surface area (Å²) in [5.41, 5.74) is 1.20. The molecule has 0 aliphatic carbocycles. The standard InChI is InChI=1S/C20H26N2O4S/c1-14(2)11-12-21-20(23)16-10-9-15(3)19(13-16)27(24,25)22-17-7-5-6-8-18(17)26-4/h5-10,13-14,22H,11-12H2,1-4H3,(H,21,23). The Morgan fingerprint density at radius 3 is 2.52 bits per heavy atom. The summed E-state index contributed by atoms with van der Waals surface area (Å²) in [7, 11) is -2.40. The Bertz CT molecular complexity index is 908. The van der Waals surface area contributed by atoms with Crippen molar-refractivity contribution in [1.82, 2.24) is 5.32 Å². The highest BCUT2D eigenvalue weighted by molar-refractivity contribution is 7.92. The van der Waals surface area contributed by atoms with E-state index >= 15 is 0 Å². The molecule has 0 spiro atoms. The van der Waals surface area contributed by atoms with Crippen molar-refractivity contribution in [2.45, 2.75) is 32.1 Å². The molecule has 2 aromatic carbocycles. The minimum Gasteiger partial charge on any atom is -0.495 e. The lowest BCUT2D eigenvalue weighted by Crippen LogP contribution is -2.26. The first-order valence-corrected chi connectivity index (χ1v) is 10.3. The molecule has 0 fully saturated rings. The number of hydrogen-bond donors (Lipinski definition) is 2. The molecule has 7 heteroatoms. The van der Waals surface area contributed by atoms with Gasteiger partial charge in [0.1, 0.15) is 5.75 Å². The summed E-state index contributed by atoms with van der Waals surface area (Å²) < 4.78 is 33.5. The lowest BCUT2D eigenvalue weighted by atomic mass is 10.1. The first-order valence-electron chi connectivity index (χ1n) is 8.79. The van der Waals surface area contributed by atoms with Gasteiger partial charge in [-0.2, -0.15) is 0 Å². The Morgan fingerprint density at radius 1 is 1.15 bits per heavy atom. The van der Waals surface area contributed by atoms with Gasteiger partial charge in [-0.15, -0.1) is 0 Å². The third kappa shape index (κ3) is 5.47. The van der Waals surface area contributed by atoms with Gasteiger partial charge >= 0.3 is 0 Å². The van der Waals surface area contributed by atoms with Crippen LogP contribution in [0.4, 0.5) is 5.69 Å². The predicted molar refractivity (Wildman–Crippen MR) is 107 cm³/mol. The van der Waals surface area contributed by atoms with Crippen LogP contribution in [0.1, 0.15) is 36.2 Å². The topological polar surface area (TPSA) is 84.5 Å². The summed E-state index contributed by atoms with van der Waals surface area (Å²) >= 11 is 0. The van der Waals surface area contributed by atoms with Crippen molar-refractivity contribution in [3.63, 3.8) is 0 Å². The second-order valence-electron chi connectivity index (χ2n) is 6.72. The SMILES string of the molecule is COc1ccccc1NS(=O)(=O)c1cc(C(=O)NCCC(C)C)ccc1C. The maximum atomic E-state index is 12.9. The van der Waals surface area contributed by atoms with E-state index in [4.69, 9.17) is 4.74 Å². The van der Waals surface area contributed by atoms with E-state index in [0.717, 1.165) is 6.42 Å². The van der Waals surface area contributed by atoms with E-state index < -0.39 is 10.0 Å². The van der Waals surface area contributed by atoms with Crippen LogP contribution in [0, 0.1) is 12.8 Å². The molecule has 1 amide bonds. The smallest absolute Gasteiger partial charge is 0.262 e. The number of para-hydroxylation sites is 2. The van der Waals surface area contributed by atoms with Gasteiger partial charge in [0.05, 0.1) is 17.7 Å². The van der Waals surface area contributed by atoms with Crippen molar-refractivity contribution in [1.29, 1.82) is 0 Å². The van der Waals surface area contributed by atoms with E-state index in [1.54, 1.807) is 43.3 Å². The van der Waals surface area contributed by atoms with Crippen molar-refractivity contribution in [2.75, 3.05) is 18.4 Å². The zero-order valence-electron chi connectivity index (χ0n) is 16.1. The van der Waals surface area contributed by atoms with Crippen molar-refractivity contribution < 1.29 is 17.9 Å². The van der Waals surface area contributed by atoms with Crippen LogP contribution in [0.2, 0.25) is 0 Å². The quantitative estimate of drug-likeness (QED) is 0.721. The normalized spacial score (nSPS) is 11.3. The molecular formula is C20H26N2O4S. The molecule has 0 aromatic heterocycles. The van der Waals surface area contributed by atoms with Crippen LogP contribution >= 0.6 is 0 Å². The van der Waals surface area contributed by atoms with E-state index in [2.05, 4.69) is 23.9 Å². The molecule has 0 heterocycles. The van der Waals surface area contributed by atoms with Crippen LogP contribution in [0.3, 0.4) is 0 Å². The van der Waals surface area contributed by atoms with Gasteiger partial charge in [-0.05, 0) is 49.1 Å². The fraction of sp³-hybridized carbons (Fsp3) is 0.350. The largest absolute Gasteiger partial charge is 0.495 e. The number of carbonyl (C=O) groups excluding carboxylic acids is 1. The number of methoxy groups -OCH3 is 1. The van der Waals surface area contributed by atoms with Gasteiger partial charge in [0, 0.05) is 12.1 Å². The van der Waals surface area contributed by atoms with Gasteiger partial charge in [0.15, 0.2) is 0 Å². The van der Waals surface area contributed by atoms with Crippen LogP contribution in [0.25, 0.3) is 0 Å². The van der Waals surface area contributed by atoms with E-state index in [1.165, 1.54) is 13.2 Å². The molecule has 2 N–H and O–H groups in total. The number of aryl methyl sites for hydroxylation is 1. The maximum absolute atomic E-state index is 12.9. The predicted octanol–water partition coefficient (Wildman–Crippen LogP) is 3.58. The second-order valence-corrected chi connectivity index (χ2v) is 8.38. The molecule has 0 saturated carbocycles. The molecule has 0 bridgehead atoms. The Balaban J connectivity index is 2.27. The van der Waals surface area contributed by atoms with Crippen LogP contribution in [0.15, 0.2) is 47.4 Å². The molecule has 0 saturated heterocycles. The van der Waals surface area contributed by atoms with Crippen molar-refractivity contribution in [3.05, 3.63) is 53.6 Å². The number of anilines is 1. The number of hydrogen-bond acceptors (Lipinski definition) is 4. The molecule has 0 atom stereocenters. The molecule has 6 nitrogen and oxygen atoms in total. The molecule has 27 heavy (non-hydrogen) atoms. The minimum atomic E-state index is -3.88. The summed E-state index contributed by atoms with van der Waals surface area (Å²) in [6.07, 6.45) is 0.859. The molecule has 0 radical (unpaired) electrons. The summed E-state index contributed by atoms with van der Waals surface area (Å²) in [5.74, 6) is 0.606. The summed E-state index contributed by atoms with van der Waals surface area (Å²) in [6.45, 7) is 6.39. The molecule has 146 valence electrons. The monoisotopic (exact) mass is 390 g/mol. The Morgan fingerprint density at radius 2 is 1.85 bits per heavy atom. The number of nitrogens with one attached hydrogen (secondary N) is 2. The van der Waals surface area contributed by atoms with E-state index in [9.17, 15) is 13.2 Å². The first kappa shape index (κ1) is 20.8. The number of benzene rings is 2. The summed E-state index contributed by atoms with van der Waals surface area (Å²) in [4.78, 5) is 12.4. The number of amides is 1. The highest BCUT2D eigenvalue weighted by Gasteiger charge is 2.20. The molecule has 0 aliphatic rings. The van der Waals surface area contributed by atoms with Gasteiger partial charge in [-0.1, -0.05) is 32.0 Å². The van der Waals surface area contributed by atoms with Gasteiger partial charge in [0.2, 0.25) is 0 Å². The molecular weight excluding hydrogens is 364 g/mol. The summed E-state index contributed by atoms with van der Waals surface area (Å²) in [6, 6.07) is 11.4. The maximum Gasteiger partial charge on any atom is 0.262 e. The Kier molecular flexibility index (Phi) is 6.85. The number of carbonyl (C=O) groups is 1. The second kappa shape index (κ2) is 8.90. The zero-order valence-corrected chi connectivity index (χ0v) is 16.9. The number of sulfonamides is 1. The average molecular weight is 391 g/mol. The van der Waals surface area contributed by atoms with Crippen molar-refractivity contribution in [2.24, 2.45) is 5.92 Å². The van der Waals surface area contributed by atoms with Crippen molar-refractivity contribution in [3.8, 4) is 5.75 Å². The highest BCUT2D eigenvalue weighted by atomic mass is 32.2. The van der Waals surface area contributed by atoms with E-state index in [0.29, 0.717) is 35.0 Å². The van der Waals surface area contributed by atoms with Crippen LogP contribution in [-0.2, 0) is 10.0 Å². The van der Waals surface area contributed by atoms with Crippen LogP contribution in [0.5, 0.6) is 5.75 Å². The molecule has 0 aliphatic heterocycles. The lowest BCUT2D eigenvalue weighted by molar-refractivity contribution is 0.0952. The van der Waals surface area contributed by atoms with E-state index in [1.807, 2.05) is 0 Å². The first-order chi connectivity index (χ1) is 12.7. The third-order valence-electron chi connectivity index (χ3n) is 4.10. The third-order valence-corrected chi connectivity index (χ3v) is 5.61. The minimum absolute atomic E-state index is 0.0601. The molecule has 0 unspecified atom stereocenters. The zero-order chi connectivity index (χ0) is 20.0. The highest BCUT2D eigenvalue weighted by Crippen LogP contribution is 2.27. The van der Waals surface area contributed by atoms with Crippen molar-refractivity contribution >= 4 is 21.6 Å². The summed E-state index contributed by atoms with van der Waals surface area (Å²) in [5, 5.41) is 2.82. The number of ether oxygens (including phenoxy) is 1. The average Bonchev–Trinajstić information content (AvgIpc) is 2.61. The Hall–Kier alpha value is -2.54. The van der Waals surface area contributed by atoms with Gasteiger partial charge in [-0.3, -0.25) is 9.52 Å². The fourth-order valence-corrected chi connectivity index (χ4v) is 3.88. The van der Waals surface area contributed by atoms with Gasteiger partial charge < -0.3 is 10.1 Å². The van der Waals surface area contributed by atoms with Crippen LogP contribution in [-0.4, -0.2) is 28.0 Å². The lowest BCUT2D eigenvalue weighted by Gasteiger charge is -2.14. The van der Waals surface area contributed by atoms with E-state index in [-0.39, 0.29) is 10.8 Å². The van der Waals surface area contributed by atoms with Crippen LogP contribution < -0.4 is 14.8 Å². The fourth-order valence-electron chi connectivity index (χ4n) is 2.54. The molecule has 2 aromatic rings. The van der Waals surface area contributed by atoms with Gasteiger partial charge in [-0.25, -0.2) is 8.42 Å². The number of rotatable bonds is 8. The van der Waals surface area contributed by atoms with Gasteiger partial charge in [0.25, 0.3) is 15.9 Å². The molecule has 2 rings (SSSR count).